The molecule has 0 unspecified atom stereocenters. The smallest absolute Gasteiger partial charge is 0.387 e. The Hall–Kier alpha value is -2.14. The number of nitrogens with one attached hydrogen (secondary N) is 2. The molecule has 0 bridgehead atoms. The van der Waals surface area contributed by atoms with Gasteiger partial charge in [-0.3, -0.25) is 0 Å². The van der Waals surface area contributed by atoms with Gasteiger partial charge >= 0.3 is 6.61 Å². The Labute approximate surface area is 206 Å². The summed E-state index contributed by atoms with van der Waals surface area (Å²) in [6.07, 6.45) is 0. The van der Waals surface area contributed by atoms with Crippen LogP contribution < -0.4 is 20.1 Å². The lowest BCUT2D eigenvalue weighted by Gasteiger charge is -2.17. The predicted molar refractivity (Wildman–Crippen MR) is 135 cm³/mol. The highest BCUT2D eigenvalue weighted by atomic mass is 127. The highest BCUT2D eigenvalue weighted by molar-refractivity contribution is 14.0. The standard InChI is InChI=1S/C23H32F2N4O2.HI/c1-5-26-23(27-14-17-9-7-10-18(13-17)16-29(3)4)28-15-19-11-8-12-20(30-6-2)21(19)31-22(24)25;/h7-13,22H,5-6,14-16H2,1-4H3,(H2,26,27,28);1H. The molecule has 6 nitrogen and oxygen atoms in total. The van der Waals surface area contributed by atoms with Crippen molar-refractivity contribution in [3.8, 4) is 11.5 Å². The lowest BCUT2D eigenvalue weighted by atomic mass is 10.1. The van der Waals surface area contributed by atoms with Gasteiger partial charge in [-0.25, -0.2) is 4.99 Å². The number of rotatable bonds is 11. The van der Waals surface area contributed by atoms with Crippen molar-refractivity contribution >= 4 is 29.9 Å². The number of nitrogens with zero attached hydrogens (tertiary/aromatic N) is 2. The Morgan fingerprint density at radius 1 is 1.06 bits per heavy atom. The maximum atomic E-state index is 12.9. The molecule has 0 heterocycles. The van der Waals surface area contributed by atoms with Gasteiger partial charge in [-0.05, 0) is 45.1 Å². The number of benzene rings is 2. The van der Waals surface area contributed by atoms with Crippen LogP contribution in [0.3, 0.4) is 0 Å². The van der Waals surface area contributed by atoms with E-state index in [1.165, 1.54) is 5.56 Å². The highest BCUT2D eigenvalue weighted by Gasteiger charge is 2.16. The number of hydrogen-bond donors (Lipinski definition) is 2. The Kier molecular flexibility index (Phi) is 12.9. The van der Waals surface area contributed by atoms with Gasteiger partial charge < -0.3 is 25.0 Å². The van der Waals surface area contributed by atoms with E-state index in [1.807, 2.05) is 33.2 Å². The third kappa shape index (κ3) is 9.56. The maximum absolute atomic E-state index is 12.9. The van der Waals surface area contributed by atoms with E-state index in [4.69, 9.17) is 9.47 Å². The van der Waals surface area contributed by atoms with Crippen LogP contribution in [0.2, 0.25) is 0 Å². The zero-order valence-electron chi connectivity index (χ0n) is 19.0. The molecule has 2 N–H and O–H groups in total. The molecule has 32 heavy (non-hydrogen) atoms. The van der Waals surface area contributed by atoms with Crippen molar-refractivity contribution in [3.05, 3.63) is 59.2 Å². The zero-order chi connectivity index (χ0) is 22.6. The van der Waals surface area contributed by atoms with Crippen LogP contribution >= 0.6 is 24.0 Å². The summed E-state index contributed by atoms with van der Waals surface area (Å²) in [6.45, 7) is 3.47. The molecule has 0 radical (unpaired) electrons. The molecule has 0 atom stereocenters. The molecule has 0 saturated heterocycles. The fourth-order valence-electron chi connectivity index (χ4n) is 3.08. The Balaban J connectivity index is 0.00000512. The highest BCUT2D eigenvalue weighted by Crippen LogP contribution is 2.32. The van der Waals surface area contributed by atoms with Crippen molar-refractivity contribution < 1.29 is 18.3 Å². The van der Waals surface area contributed by atoms with Gasteiger partial charge in [0.1, 0.15) is 0 Å². The van der Waals surface area contributed by atoms with Crippen LogP contribution in [0.15, 0.2) is 47.5 Å². The first-order valence-corrected chi connectivity index (χ1v) is 10.4. The SMILES string of the molecule is CCNC(=NCc1cccc(CN(C)C)c1)NCc1cccc(OCC)c1OC(F)F.I. The van der Waals surface area contributed by atoms with Crippen LogP contribution in [0.5, 0.6) is 11.5 Å². The summed E-state index contributed by atoms with van der Waals surface area (Å²) in [6, 6.07) is 13.4. The lowest BCUT2D eigenvalue weighted by Crippen LogP contribution is -2.37. The lowest BCUT2D eigenvalue weighted by molar-refractivity contribution is -0.0520. The molecule has 0 aromatic heterocycles. The monoisotopic (exact) mass is 562 g/mol. The second kappa shape index (κ2) is 14.8. The molecule has 2 rings (SSSR count). The summed E-state index contributed by atoms with van der Waals surface area (Å²) in [5.74, 6) is 0.922. The molecule has 2 aromatic rings. The number of alkyl halides is 2. The van der Waals surface area contributed by atoms with E-state index < -0.39 is 6.61 Å². The van der Waals surface area contributed by atoms with Crippen LogP contribution in [0.4, 0.5) is 8.78 Å². The Bertz CT molecular complexity index is 850. The second-order valence-corrected chi connectivity index (χ2v) is 7.16. The number of hydrogen-bond acceptors (Lipinski definition) is 4. The van der Waals surface area contributed by atoms with Gasteiger partial charge in [0.2, 0.25) is 0 Å². The van der Waals surface area contributed by atoms with E-state index >= 15 is 0 Å². The first-order valence-electron chi connectivity index (χ1n) is 10.4. The average Bonchev–Trinajstić information content (AvgIpc) is 2.71. The van der Waals surface area contributed by atoms with Crippen LogP contribution in [0.1, 0.15) is 30.5 Å². The summed E-state index contributed by atoms with van der Waals surface area (Å²) in [4.78, 5) is 6.74. The van der Waals surface area contributed by atoms with Crippen LogP contribution in [-0.4, -0.2) is 44.7 Å². The minimum absolute atomic E-state index is 0. The van der Waals surface area contributed by atoms with Gasteiger partial charge in [-0.1, -0.05) is 36.4 Å². The largest absolute Gasteiger partial charge is 0.490 e. The molecule has 0 aliphatic carbocycles. The average molecular weight is 562 g/mol. The molecular formula is C23H33F2IN4O2. The van der Waals surface area contributed by atoms with Gasteiger partial charge in [0, 0.05) is 25.2 Å². The molecule has 0 saturated carbocycles. The minimum Gasteiger partial charge on any atom is -0.490 e. The first-order chi connectivity index (χ1) is 14.9. The van der Waals surface area contributed by atoms with Crippen LogP contribution in [-0.2, 0) is 19.6 Å². The van der Waals surface area contributed by atoms with Crippen LogP contribution in [0, 0.1) is 0 Å². The molecule has 0 spiro atoms. The van der Waals surface area contributed by atoms with E-state index in [2.05, 4.69) is 32.7 Å². The molecule has 0 aliphatic heterocycles. The number of aliphatic imine (C=N–C) groups is 1. The van der Waals surface area contributed by atoms with E-state index in [9.17, 15) is 8.78 Å². The first kappa shape index (κ1) is 27.9. The summed E-state index contributed by atoms with van der Waals surface area (Å²) in [5, 5.41) is 6.37. The molecule has 2 aromatic carbocycles. The fraction of sp³-hybridized carbons (Fsp3) is 0.435. The summed E-state index contributed by atoms with van der Waals surface area (Å²) in [5.41, 5.74) is 2.87. The van der Waals surface area contributed by atoms with Crippen molar-refractivity contribution in [1.82, 2.24) is 15.5 Å². The van der Waals surface area contributed by atoms with E-state index in [0.717, 1.165) is 12.1 Å². The summed E-state index contributed by atoms with van der Waals surface area (Å²) >= 11 is 0. The minimum atomic E-state index is -2.93. The second-order valence-electron chi connectivity index (χ2n) is 7.16. The number of guanidine groups is 1. The third-order valence-corrected chi connectivity index (χ3v) is 4.27. The Morgan fingerprint density at radius 3 is 2.44 bits per heavy atom. The number of halogens is 3. The van der Waals surface area contributed by atoms with Crippen molar-refractivity contribution in [3.63, 3.8) is 0 Å². The van der Waals surface area contributed by atoms with Gasteiger partial charge in [0.25, 0.3) is 0 Å². The fourth-order valence-corrected chi connectivity index (χ4v) is 3.08. The molecular weight excluding hydrogens is 529 g/mol. The quantitative estimate of drug-likeness (QED) is 0.238. The Morgan fingerprint density at radius 2 is 1.78 bits per heavy atom. The zero-order valence-corrected chi connectivity index (χ0v) is 21.4. The molecule has 178 valence electrons. The van der Waals surface area contributed by atoms with Crippen molar-refractivity contribution in [2.75, 3.05) is 27.2 Å². The molecule has 0 aliphatic rings. The molecule has 0 fully saturated rings. The van der Waals surface area contributed by atoms with Gasteiger partial charge in [-0.2, -0.15) is 8.78 Å². The van der Waals surface area contributed by atoms with Crippen molar-refractivity contribution in [1.29, 1.82) is 0 Å². The third-order valence-electron chi connectivity index (χ3n) is 4.27. The van der Waals surface area contributed by atoms with Gasteiger partial charge in [-0.15, -0.1) is 24.0 Å². The summed E-state index contributed by atoms with van der Waals surface area (Å²) in [7, 11) is 4.06. The van der Waals surface area contributed by atoms with Gasteiger partial charge in [0.15, 0.2) is 17.5 Å². The summed E-state index contributed by atoms with van der Waals surface area (Å²) < 4.78 is 36.0. The predicted octanol–water partition coefficient (Wildman–Crippen LogP) is 4.62. The normalized spacial score (nSPS) is 11.3. The van der Waals surface area contributed by atoms with E-state index in [0.29, 0.717) is 37.0 Å². The number of ether oxygens (including phenoxy) is 2. The number of para-hydroxylation sites is 1. The van der Waals surface area contributed by atoms with E-state index in [-0.39, 0.29) is 36.3 Å². The van der Waals surface area contributed by atoms with Crippen molar-refractivity contribution in [2.24, 2.45) is 4.99 Å². The van der Waals surface area contributed by atoms with E-state index in [1.54, 1.807) is 25.1 Å². The van der Waals surface area contributed by atoms with Crippen molar-refractivity contribution in [2.45, 2.75) is 40.1 Å². The van der Waals surface area contributed by atoms with Crippen LogP contribution in [0.25, 0.3) is 0 Å². The molecule has 0 amide bonds. The topological polar surface area (TPSA) is 58.1 Å². The maximum Gasteiger partial charge on any atom is 0.387 e. The molecule has 9 heteroatoms. The van der Waals surface area contributed by atoms with Gasteiger partial charge in [0.05, 0.1) is 13.2 Å².